The van der Waals surface area contributed by atoms with Crippen molar-refractivity contribution in [3.63, 3.8) is 0 Å². The molecule has 3 aromatic rings. The summed E-state index contributed by atoms with van der Waals surface area (Å²) < 4.78 is 11.2. The molecule has 0 aliphatic rings. The van der Waals surface area contributed by atoms with Gasteiger partial charge in [-0.2, -0.15) is 0 Å². The SMILES string of the molecule is O=C(/C=C/c1ccc(COc2ccccc2Cl)o1)c1cccs1. The molecule has 116 valence electrons. The van der Waals surface area contributed by atoms with Gasteiger partial charge in [-0.1, -0.05) is 29.8 Å². The minimum atomic E-state index is -0.0368. The molecule has 3 nitrogen and oxygen atoms in total. The normalized spacial score (nSPS) is 11.0. The van der Waals surface area contributed by atoms with Gasteiger partial charge in [0, 0.05) is 0 Å². The number of para-hydroxylation sites is 1. The maximum Gasteiger partial charge on any atom is 0.195 e. The van der Waals surface area contributed by atoms with E-state index in [9.17, 15) is 4.79 Å². The van der Waals surface area contributed by atoms with Gasteiger partial charge in [0.1, 0.15) is 23.9 Å². The Labute approximate surface area is 142 Å². The molecule has 0 saturated carbocycles. The molecule has 0 N–H and O–H groups in total. The van der Waals surface area contributed by atoms with Crippen molar-refractivity contribution in [3.8, 4) is 5.75 Å². The van der Waals surface area contributed by atoms with Crippen LogP contribution in [0.4, 0.5) is 0 Å². The molecular formula is C18H13ClO3S. The van der Waals surface area contributed by atoms with Gasteiger partial charge in [0.15, 0.2) is 5.78 Å². The Morgan fingerprint density at radius 1 is 1.17 bits per heavy atom. The predicted molar refractivity (Wildman–Crippen MR) is 92.2 cm³/mol. The molecule has 2 heterocycles. The summed E-state index contributed by atoms with van der Waals surface area (Å²) in [7, 11) is 0. The van der Waals surface area contributed by atoms with E-state index < -0.39 is 0 Å². The molecule has 0 bridgehead atoms. The lowest BCUT2D eigenvalue weighted by atomic mass is 10.3. The minimum absolute atomic E-state index is 0.0368. The number of ketones is 1. The Morgan fingerprint density at radius 3 is 2.83 bits per heavy atom. The Morgan fingerprint density at radius 2 is 2.04 bits per heavy atom. The molecule has 1 aromatic carbocycles. The molecule has 0 spiro atoms. The van der Waals surface area contributed by atoms with E-state index in [4.69, 9.17) is 20.8 Å². The van der Waals surface area contributed by atoms with E-state index in [0.717, 1.165) is 0 Å². The summed E-state index contributed by atoms with van der Waals surface area (Å²) in [6.45, 7) is 0.274. The zero-order valence-electron chi connectivity index (χ0n) is 12.1. The molecule has 0 fully saturated rings. The summed E-state index contributed by atoms with van der Waals surface area (Å²) >= 11 is 7.44. The first-order valence-electron chi connectivity index (χ1n) is 6.94. The predicted octanol–water partition coefficient (Wildman–Crippen LogP) is 5.47. The average Bonchev–Trinajstić information content (AvgIpc) is 3.24. The van der Waals surface area contributed by atoms with Crippen LogP contribution in [0.2, 0.25) is 5.02 Å². The second kappa shape index (κ2) is 7.31. The monoisotopic (exact) mass is 344 g/mol. The summed E-state index contributed by atoms with van der Waals surface area (Å²) in [5, 5.41) is 2.43. The molecule has 0 atom stereocenters. The van der Waals surface area contributed by atoms with Crippen LogP contribution < -0.4 is 4.74 Å². The lowest BCUT2D eigenvalue weighted by Gasteiger charge is -2.05. The largest absolute Gasteiger partial charge is 0.484 e. The third-order valence-corrected chi connectivity index (χ3v) is 4.25. The van der Waals surface area contributed by atoms with Gasteiger partial charge in [0.25, 0.3) is 0 Å². The van der Waals surface area contributed by atoms with Gasteiger partial charge in [0.2, 0.25) is 0 Å². The zero-order chi connectivity index (χ0) is 16.1. The molecule has 3 rings (SSSR count). The lowest BCUT2D eigenvalue weighted by molar-refractivity contribution is 0.105. The number of carbonyl (C=O) groups excluding carboxylic acids is 1. The first-order chi connectivity index (χ1) is 11.2. The van der Waals surface area contributed by atoms with Crippen molar-refractivity contribution in [3.05, 3.63) is 81.4 Å². The summed E-state index contributed by atoms with van der Waals surface area (Å²) in [5.74, 6) is 1.83. The van der Waals surface area contributed by atoms with Crippen molar-refractivity contribution in [2.75, 3.05) is 0 Å². The molecule has 2 aromatic heterocycles. The topological polar surface area (TPSA) is 39.4 Å². The Hall–Kier alpha value is -2.30. The zero-order valence-corrected chi connectivity index (χ0v) is 13.6. The lowest BCUT2D eigenvalue weighted by Crippen LogP contribution is -1.93. The molecule has 0 radical (unpaired) electrons. The third kappa shape index (κ3) is 4.12. The van der Waals surface area contributed by atoms with Gasteiger partial charge >= 0.3 is 0 Å². The number of halogens is 1. The van der Waals surface area contributed by atoms with Crippen molar-refractivity contribution in [1.29, 1.82) is 0 Å². The van der Waals surface area contributed by atoms with Gasteiger partial charge < -0.3 is 9.15 Å². The molecular weight excluding hydrogens is 332 g/mol. The van der Waals surface area contributed by atoms with E-state index in [1.165, 1.54) is 17.4 Å². The average molecular weight is 345 g/mol. The van der Waals surface area contributed by atoms with E-state index in [1.54, 1.807) is 30.3 Å². The molecule has 0 amide bonds. The molecule has 23 heavy (non-hydrogen) atoms. The summed E-state index contributed by atoms with van der Waals surface area (Å²) in [4.78, 5) is 12.6. The standard InChI is InChI=1S/C18H13ClO3S/c19-15-4-1-2-5-17(15)21-12-14-8-7-13(22-14)9-10-16(20)18-6-3-11-23-18/h1-11H,12H2/b10-9+. The van der Waals surface area contributed by atoms with Crippen LogP contribution in [0.1, 0.15) is 21.2 Å². The number of ether oxygens (including phenoxy) is 1. The highest BCUT2D eigenvalue weighted by Crippen LogP contribution is 2.24. The maximum absolute atomic E-state index is 11.9. The molecule has 0 aliphatic heterocycles. The van der Waals surface area contributed by atoms with Crippen molar-refractivity contribution in [2.24, 2.45) is 0 Å². The number of rotatable bonds is 6. The van der Waals surface area contributed by atoms with E-state index >= 15 is 0 Å². The second-order valence-electron chi connectivity index (χ2n) is 4.70. The van der Waals surface area contributed by atoms with Crippen LogP contribution >= 0.6 is 22.9 Å². The number of allylic oxidation sites excluding steroid dienone is 1. The van der Waals surface area contributed by atoms with E-state index in [1.807, 2.05) is 29.6 Å². The van der Waals surface area contributed by atoms with E-state index in [2.05, 4.69) is 0 Å². The van der Waals surface area contributed by atoms with Crippen molar-refractivity contribution < 1.29 is 13.9 Å². The highest BCUT2D eigenvalue weighted by Gasteiger charge is 2.05. The van der Waals surface area contributed by atoms with Gasteiger partial charge in [-0.3, -0.25) is 4.79 Å². The van der Waals surface area contributed by atoms with Gasteiger partial charge in [-0.05, 0) is 47.9 Å². The van der Waals surface area contributed by atoms with Crippen molar-refractivity contribution in [2.45, 2.75) is 6.61 Å². The van der Waals surface area contributed by atoms with Gasteiger partial charge in [-0.25, -0.2) is 0 Å². The fraction of sp³-hybridized carbons (Fsp3) is 0.0556. The van der Waals surface area contributed by atoms with Crippen LogP contribution in [0.15, 0.2) is 64.4 Å². The number of hydrogen-bond acceptors (Lipinski definition) is 4. The molecule has 0 saturated heterocycles. The van der Waals surface area contributed by atoms with Gasteiger partial charge in [-0.15, -0.1) is 11.3 Å². The summed E-state index contributed by atoms with van der Waals surface area (Å²) in [5.41, 5.74) is 0. The number of thiophene rings is 1. The van der Waals surface area contributed by atoms with Crippen LogP contribution in [-0.2, 0) is 6.61 Å². The highest BCUT2D eigenvalue weighted by molar-refractivity contribution is 7.12. The van der Waals surface area contributed by atoms with Gasteiger partial charge in [0.05, 0.1) is 9.90 Å². The van der Waals surface area contributed by atoms with Crippen LogP contribution in [0.5, 0.6) is 5.75 Å². The molecule has 0 unspecified atom stereocenters. The fourth-order valence-electron chi connectivity index (χ4n) is 1.93. The Balaban J connectivity index is 1.60. The third-order valence-electron chi connectivity index (χ3n) is 3.05. The quantitative estimate of drug-likeness (QED) is 0.439. The minimum Gasteiger partial charge on any atom is -0.484 e. The van der Waals surface area contributed by atoms with Crippen LogP contribution in [0.25, 0.3) is 6.08 Å². The maximum atomic E-state index is 11.9. The molecule has 0 aliphatic carbocycles. The smallest absolute Gasteiger partial charge is 0.195 e. The highest BCUT2D eigenvalue weighted by atomic mass is 35.5. The van der Waals surface area contributed by atoms with Crippen molar-refractivity contribution in [1.82, 2.24) is 0 Å². The second-order valence-corrected chi connectivity index (χ2v) is 6.05. The molecule has 5 heteroatoms. The van der Waals surface area contributed by atoms with Crippen LogP contribution in [0.3, 0.4) is 0 Å². The fourth-order valence-corrected chi connectivity index (χ4v) is 2.77. The van der Waals surface area contributed by atoms with Crippen LogP contribution in [-0.4, -0.2) is 5.78 Å². The summed E-state index contributed by atoms with van der Waals surface area (Å²) in [6, 6.07) is 14.5. The van der Waals surface area contributed by atoms with E-state index in [0.29, 0.717) is 27.2 Å². The number of carbonyl (C=O) groups is 1. The number of benzene rings is 1. The Kier molecular flexibility index (Phi) is 4.95. The first-order valence-corrected chi connectivity index (χ1v) is 8.20. The number of furan rings is 1. The summed E-state index contributed by atoms with van der Waals surface area (Å²) in [6.07, 6.45) is 3.16. The van der Waals surface area contributed by atoms with Crippen LogP contribution in [0, 0.1) is 0 Å². The van der Waals surface area contributed by atoms with Crippen molar-refractivity contribution >= 4 is 34.8 Å². The number of hydrogen-bond donors (Lipinski definition) is 0. The van der Waals surface area contributed by atoms with E-state index in [-0.39, 0.29) is 12.4 Å². The Bertz CT molecular complexity index is 818. The first kappa shape index (κ1) is 15.6.